The maximum Gasteiger partial charge on any atom is 0.337 e. The Hall–Kier alpha value is -3.81. The number of rotatable bonds is 6. The van der Waals surface area contributed by atoms with Gasteiger partial charge in [-0.2, -0.15) is 0 Å². The summed E-state index contributed by atoms with van der Waals surface area (Å²) >= 11 is 0. The number of nitrogens with zero attached hydrogens (tertiary/aromatic N) is 3. The van der Waals surface area contributed by atoms with Crippen LogP contribution in [0.1, 0.15) is 26.4 Å². The number of anilines is 2. The van der Waals surface area contributed by atoms with Gasteiger partial charge in [0.05, 0.1) is 12.7 Å². The maximum atomic E-state index is 12.1. The van der Waals surface area contributed by atoms with Crippen molar-refractivity contribution in [2.24, 2.45) is 0 Å². The van der Waals surface area contributed by atoms with Gasteiger partial charge in [-0.05, 0) is 54.1 Å². The fraction of sp³-hybridized carbons (Fsp3) is 0.105. The largest absolute Gasteiger partial charge is 0.465 e. The second kappa shape index (κ2) is 8.52. The van der Waals surface area contributed by atoms with E-state index in [1.54, 1.807) is 48.8 Å². The molecule has 3 aromatic rings. The second-order valence-corrected chi connectivity index (χ2v) is 5.54. The van der Waals surface area contributed by atoms with Crippen molar-refractivity contribution in [1.29, 1.82) is 0 Å². The highest BCUT2D eigenvalue weighted by molar-refractivity contribution is 5.92. The number of hydrogen-bond acceptors (Lipinski definition) is 7. The molecule has 1 amide bonds. The van der Waals surface area contributed by atoms with E-state index in [-0.39, 0.29) is 11.6 Å². The summed E-state index contributed by atoms with van der Waals surface area (Å²) in [7, 11) is 1.33. The highest BCUT2D eigenvalue weighted by Crippen LogP contribution is 2.15. The molecule has 0 aliphatic carbocycles. The van der Waals surface area contributed by atoms with Gasteiger partial charge in [-0.25, -0.2) is 4.79 Å². The highest BCUT2D eigenvalue weighted by Gasteiger charge is 2.09. The average Bonchev–Trinajstić information content (AvgIpc) is 2.73. The van der Waals surface area contributed by atoms with Gasteiger partial charge in [0, 0.05) is 24.6 Å². The zero-order chi connectivity index (χ0) is 19.1. The molecule has 2 aromatic heterocycles. The predicted octanol–water partition coefficient (Wildman–Crippen LogP) is 2.33. The topological polar surface area (TPSA) is 106 Å². The fourth-order valence-corrected chi connectivity index (χ4v) is 2.25. The van der Waals surface area contributed by atoms with Crippen molar-refractivity contribution in [3.63, 3.8) is 0 Å². The third-order valence-electron chi connectivity index (χ3n) is 3.68. The normalized spacial score (nSPS) is 10.1. The van der Waals surface area contributed by atoms with Crippen molar-refractivity contribution in [3.8, 4) is 0 Å². The molecule has 27 heavy (non-hydrogen) atoms. The molecule has 0 aliphatic rings. The predicted molar refractivity (Wildman–Crippen MR) is 98.5 cm³/mol. The number of esters is 1. The van der Waals surface area contributed by atoms with Crippen molar-refractivity contribution >= 4 is 23.4 Å². The summed E-state index contributed by atoms with van der Waals surface area (Å²) in [5.74, 6) is -0.233. The van der Waals surface area contributed by atoms with Crippen LogP contribution in [-0.4, -0.2) is 34.2 Å². The van der Waals surface area contributed by atoms with Crippen molar-refractivity contribution < 1.29 is 14.3 Å². The van der Waals surface area contributed by atoms with Gasteiger partial charge in [-0.1, -0.05) is 0 Å². The van der Waals surface area contributed by atoms with E-state index in [9.17, 15) is 9.59 Å². The van der Waals surface area contributed by atoms with E-state index in [1.165, 1.54) is 7.11 Å². The molecule has 0 spiro atoms. The van der Waals surface area contributed by atoms with Gasteiger partial charge in [-0.3, -0.25) is 9.78 Å². The Morgan fingerprint density at radius 3 is 2.33 bits per heavy atom. The lowest BCUT2D eigenvalue weighted by Gasteiger charge is -2.07. The summed E-state index contributed by atoms with van der Waals surface area (Å²) in [6, 6.07) is 13.6. The van der Waals surface area contributed by atoms with Crippen LogP contribution < -0.4 is 10.6 Å². The fourth-order valence-electron chi connectivity index (χ4n) is 2.25. The maximum absolute atomic E-state index is 12.1. The summed E-state index contributed by atoms with van der Waals surface area (Å²) in [4.78, 5) is 27.5. The Kier molecular flexibility index (Phi) is 5.68. The van der Waals surface area contributed by atoms with Crippen LogP contribution in [0.25, 0.3) is 0 Å². The summed E-state index contributed by atoms with van der Waals surface area (Å²) in [6.45, 7) is 0.385. The standard InChI is InChI=1S/C19H17N5O3/c1-27-19(26)14-2-4-15(5-3-14)22-17-7-6-16(23-24-17)18(25)21-12-13-8-10-20-11-9-13/h2-11H,12H2,1H3,(H,21,25)(H,22,24). The smallest absolute Gasteiger partial charge is 0.337 e. The monoisotopic (exact) mass is 363 g/mol. The van der Waals surface area contributed by atoms with Crippen LogP contribution in [0.2, 0.25) is 0 Å². The number of methoxy groups -OCH3 is 1. The Morgan fingerprint density at radius 2 is 1.70 bits per heavy atom. The van der Waals surface area contributed by atoms with E-state index in [0.717, 1.165) is 11.3 Å². The summed E-state index contributed by atoms with van der Waals surface area (Å²) in [5, 5.41) is 13.8. The van der Waals surface area contributed by atoms with E-state index in [0.29, 0.717) is 17.9 Å². The van der Waals surface area contributed by atoms with Gasteiger partial charge in [0.15, 0.2) is 11.5 Å². The molecule has 136 valence electrons. The molecular weight excluding hydrogens is 346 g/mol. The first-order valence-electron chi connectivity index (χ1n) is 8.12. The van der Waals surface area contributed by atoms with Gasteiger partial charge < -0.3 is 15.4 Å². The minimum atomic E-state index is -0.400. The summed E-state index contributed by atoms with van der Waals surface area (Å²) in [5.41, 5.74) is 2.35. The van der Waals surface area contributed by atoms with Gasteiger partial charge >= 0.3 is 5.97 Å². The molecule has 0 saturated carbocycles. The molecule has 1 aromatic carbocycles. The molecule has 8 heteroatoms. The number of carbonyl (C=O) groups excluding carboxylic acids is 2. The Morgan fingerprint density at radius 1 is 0.963 bits per heavy atom. The number of amides is 1. The first-order valence-corrected chi connectivity index (χ1v) is 8.12. The molecular formula is C19H17N5O3. The van der Waals surface area contributed by atoms with Crippen LogP contribution in [0.4, 0.5) is 11.5 Å². The van der Waals surface area contributed by atoms with E-state index >= 15 is 0 Å². The number of ether oxygens (including phenoxy) is 1. The minimum Gasteiger partial charge on any atom is -0.465 e. The molecule has 0 bridgehead atoms. The van der Waals surface area contributed by atoms with Gasteiger partial charge in [-0.15, -0.1) is 10.2 Å². The van der Waals surface area contributed by atoms with E-state index in [4.69, 9.17) is 0 Å². The zero-order valence-corrected chi connectivity index (χ0v) is 14.5. The lowest BCUT2D eigenvalue weighted by Crippen LogP contribution is -2.24. The average molecular weight is 363 g/mol. The third kappa shape index (κ3) is 4.85. The van der Waals surface area contributed by atoms with Gasteiger partial charge in [0.2, 0.25) is 0 Å². The number of nitrogens with one attached hydrogen (secondary N) is 2. The molecule has 2 heterocycles. The van der Waals surface area contributed by atoms with Crippen LogP contribution in [0.5, 0.6) is 0 Å². The molecule has 2 N–H and O–H groups in total. The van der Waals surface area contributed by atoms with Crippen molar-refractivity contribution in [2.45, 2.75) is 6.54 Å². The number of benzene rings is 1. The van der Waals surface area contributed by atoms with Crippen molar-refractivity contribution in [2.75, 3.05) is 12.4 Å². The Balaban J connectivity index is 1.58. The van der Waals surface area contributed by atoms with Gasteiger partial charge in [0.1, 0.15) is 0 Å². The quantitative estimate of drug-likeness (QED) is 0.647. The summed E-state index contributed by atoms with van der Waals surface area (Å²) in [6.07, 6.45) is 3.33. The third-order valence-corrected chi connectivity index (χ3v) is 3.68. The first kappa shape index (κ1) is 18.0. The van der Waals surface area contributed by atoms with Crippen molar-refractivity contribution in [1.82, 2.24) is 20.5 Å². The molecule has 0 fully saturated rings. The molecule has 3 rings (SSSR count). The van der Waals surface area contributed by atoms with Crippen LogP contribution in [0.3, 0.4) is 0 Å². The minimum absolute atomic E-state index is 0.218. The Labute approximate surface area is 155 Å². The van der Waals surface area contributed by atoms with E-state index in [1.807, 2.05) is 12.1 Å². The molecule has 0 unspecified atom stereocenters. The molecule has 0 atom stereocenters. The zero-order valence-electron chi connectivity index (χ0n) is 14.5. The molecule has 0 radical (unpaired) electrons. The highest BCUT2D eigenvalue weighted by atomic mass is 16.5. The number of aromatic nitrogens is 3. The van der Waals surface area contributed by atoms with Crippen LogP contribution in [-0.2, 0) is 11.3 Å². The van der Waals surface area contributed by atoms with Crippen LogP contribution in [0.15, 0.2) is 60.9 Å². The lowest BCUT2D eigenvalue weighted by atomic mass is 10.2. The van der Waals surface area contributed by atoms with Crippen LogP contribution in [0, 0.1) is 0 Å². The lowest BCUT2D eigenvalue weighted by molar-refractivity contribution is 0.0600. The number of carbonyl (C=O) groups is 2. The van der Waals surface area contributed by atoms with E-state index < -0.39 is 5.97 Å². The van der Waals surface area contributed by atoms with E-state index in [2.05, 4.69) is 30.6 Å². The SMILES string of the molecule is COC(=O)c1ccc(Nc2ccc(C(=O)NCc3ccncc3)nn2)cc1. The van der Waals surface area contributed by atoms with Crippen molar-refractivity contribution in [3.05, 3.63) is 77.7 Å². The summed E-state index contributed by atoms with van der Waals surface area (Å²) < 4.78 is 4.66. The molecule has 0 aliphatic heterocycles. The molecule has 8 nitrogen and oxygen atoms in total. The molecule has 0 saturated heterocycles. The number of pyridine rings is 1. The van der Waals surface area contributed by atoms with Crippen LogP contribution >= 0.6 is 0 Å². The van der Waals surface area contributed by atoms with Gasteiger partial charge in [0.25, 0.3) is 5.91 Å². The number of hydrogen-bond donors (Lipinski definition) is 2. The first-order chi connectivity index (χ1) is 13.2. The second-order valence-electron chi connectivity index (χ2n) is 5.54. The Bertz CT molecular complexity index is 912.